The summed E-state index contributed by atoms with van der Waals surface area (Å²) in [5.74, 6) is -2.35. The van der Waals surface area contributed by atoms with Crippen LogP contribution >= 0.6 is 0 Å². The van der Waals surface area contributed by atoms with Crippen molar-refractivity contribution >= 4 is 10.8 Å². The second kappa shape index (κ2) is 11.7. The Kier molecular flexibility index (Phi) is 8.38. The molecule has 0 unspecified atom stereocenters. The standard InChI is InChI=1S/C29H26F5NO2/c1-36-15-14-21-4-11-24(35-18-21)10-3-19-5-12-25-23(16-19)9-8-22(28(25)31)7-2-20-6-13-27(26(30)17-20)37-29(32,33)34/h4-6,8-9,11-13,16-18H,2-3,7,10,14-15H2,1H3. The number of nitrogens with zero attached hydrogens (tertiary/aromatic N) is 1. The Morgan fingerprint density at radius 1 is 0.757 bits per heavy atom. The summed E-state index contributed by atoms with van der Waals surface area (Å²) in [6, 6.07) is 16.5. The SMILES string of the molecule is COCCc1ccc(CCc2ccc3c(F)c(CCc4ccc(OC(F)(F)F)c(F)c4)ccc3c2)nc1. The first-order chi connectivity index (χ1) is 17.7. The highest BCUT2D eigenvalue weighted by Crippen LogP contribution is 2.28. The zero-order valence-electron chi connectivity index (χ0n) is 20.2. The average molecular weight is 516 g/mol. The predicted molar refractivity (Wildman–Crippen MR) is 132 cm³/mol. The molecule has 37 heavy (non-hydrogen) atoms. The number of pyridine rings is 1. The van der Waals surface area contributed by atoms with Crippen molar-refractivity contribution in [2.75, 3.05) is 13.7 Å². The van der Waals surface area contributed by atoms with Gasteiger partial charge in [0.25, 0.3) is 0 Å². The first-order valence-electron chi connectivity index (χ1n) is 11.9. The highest BCUT2D eigenvalue weighted by molar-refractivity contribution is 5.84. The number of aromatic nitrogens is 1. The normalized spacial score (nSPS) is 11.7. The molecule has 0 saturated heterocycles. The molecule has 4 rings (SSSR count). The minimum Gasteiger partial charge on any atom is -0.403 e. The van der Waals surface area contributed by atoms with Gasteiger partial charge in [0.2, 0.25) is 0 Å². The average Bonchev–Trinajstić information content (AvgIpc) is 2.87. The molecule has 8 heteroatoms. The molecule has 4 aromatic rings. The van der Waals surface area contributed by atoms with E-state index in [1.807, 2.05) is 30.5 Å². The van der Waals surface area contributed by atoms with E-state index in [0.717, 1.165) is 53.6 Å². The van der Waals surface area contributed by atoms with Gasteiger partial charge >= 0.3 is 6.36 Å². The Bertz CT molecular complexity index is 1350. The monoisotopic (exact) mass is 515 g/mol. The van der Waals surface area contributed by atoms with Gasteiger partial charge in [-0.15, -0.1) is 13.2 Å². The lowest BCUT2D eigenvalue weighted by molar-refractivity contribution is -0.275. The lowest BCUT2D eigenvalue weighted by Gasteiger charge is -2.11. The van der Waals surface area contributed by atoms with Gasteiger partial charge in [0.1, 0.15) is 5.82 Å². The van der Waals surface area contributed by atoms with E-state index >= 15 is 4.39 Å². The van der Waals surface area contributed by atoms with Gasteiger partial charge < -0.3 is 9.47 Å². The highest BCUT2D eigenvalue weighted by Gasteiger charge is 2.32. The van der Waals surface area contributed by atoms with Gasteiger partial charge in [-0.25, -0.2) is 8.78 Å². The molecular formula is C29H26F5NO2. The molecule has 1 heterocycles. The molecule has 0 aliphatic carbocycles. The van der Waals surface area contributed by atoms with Crippen molar-refractivity contribution in [3.05, 3.63) is 106 Å². The molecule has 1 aromatic heterocycles. The number of methoxy groups -OCH3 is 1. The molecular weight excluding hydrogens is 489 g/mol. The van der Waals surface area contributed by atoms with Crippen LogP contribution in [0.15, 0.2) is 66.9 Å². The van der Waals surface area contributed by atoms with E-state index in [9.17, 15) is 17.6 Å². The van der Waals surface area contributed by atoms with E-state index in [1.165, 1.54) is 6.07 Å². The lowest BCUT2D eigenvalue weighted by atomic mass is 9.97. The Morgan fingerprint density at radius 2 is 1.49 bits per heavy atom. The minimum atomic E-state index is -4.97. The summed E-state index contributed by atoms with van der Waals surface area (Å²) in [6.07, 6.45) is -0.214. The van der Waals surface area contributed by atoms with Crippen LogP contribution in [0.4, 0.5) is 22.0 Å². The number of alkyl halides is 3. The van der Waals surface area contributed by atoms with Crippen molar-refractivity contribution in [3.8, 4) is 5.75 Å². The van der Waals surface area contributed by atoms with E-state index in [0.29, 0.717) is 23.1 Å². The third-order valence-corrected chi connectivity index (χ3v) is 6.15. The van der Waals surface area contributed by atoms with E-state index < -0.39 is 17.9 Å². The Hall–Kier alpha value is -3.52. The van der Waals surface area contributed by atoms with Crippen LogP contribution in [0.5, 0.6) is 5.75 Å². The molecule has 0 aliphatic heterocycles. The van der Waals surface area contributed by atoms with Crippen molar-refractivity contribution in [1.82, 2.24) is 4.98 Å². The van der Waals surface area contributed by atoms with E-state index in [-0.39, 0.29) is 18.7 Å². The van der Waals surface area contributed by atoms with Crippen molar-refractivity contribution in [1.29, 1.82) is 0 Å². The maximum absolute atomic E-state index is 15.2. The van der Waals surface area contributed by atoms with Gasteiger partial charge in [0.05, 0.1) is 6.61 Å². The Morgan fingerprint density at radius 3 is 2.19 bits per heavy atom. The molecule has 0 radical (unpaired) electrons. The fourth-order valence-electron chi connectivity index (χ4n) is 4.16. The molecule has 0 bridgehead atoms. The molecule has 0 spiro atoms. The van der Waals surface area contributed by atoms with Gasteiger partial charge in [-0.1, -0.05) is 42.5 Å². The van der Waals surface area contributed by atoms with Gasteiger partial charge in [0, 0.05) is 24.4 Å². The molecule has 3 aromatic carbocycles. The summed E-state index contributed by atoms with van der Waals surface area (Å²) in [7, 11) is 1.67. The number of rotatable bonds is 10. The number of fused-ring (bicyclic) bond motifs is 1. The number of hydrogen-bond acceptors (Lipinski definition) is 3. The Labute approximate surface area is 211 Å². The Balaban J connectivity index is 1.39. The van der Waals surface area contributed by atoms with Crippen LogP contribution in [0.2, 0.25) is 0 Å². The first-order valence-corrected chi connectivity index (χ1v) is 11.9. The summed E-state index contributed by atoms with van der Waals surface area (Å²) in [6.45, 7) is 0.656. The van der Waals surface area contributed by atoms with E-state index in [1.54, 1.807) is 19.2 Å². The van der Waals surface area contributed by atoms with Gasteiger partial charge in [-0.05, 0) is 77.9 Å². The van der Waals surface area contributed by atoms with Crippen LogP contribution in [-0.4, -0.2) is 25.1 Å². The van der Waals surface area contributed by atoms with Crippen molar-refractivity contribution in [2.24, 2.45) is 0 Å². The molecule has 0 amide bonds. The molecule has 0 aliphatic rings. The third kappa shape index (κ3) is 7.26. The van der Waals surface area contributed by atoms with Gasteiger partial charge in [0.15, 0.2) is 11.6 Å². The minimum absolute atomic E-state index is 0.265. The van der Waals surface area contributed by atoms with E-state index in [2.05, 4.69) is 15.8 Å². The summed E-state index contributed by atoms with van der Waals surface area (Å²) in [4.78, 5) is 4.51. The van der Waals surface area contributed by atoms with Crippen LogP contribution in [0, 0.1) is 11.6 Å². The number of aryl methyl sites for hydroxylation is 4. The fourth-order valence-corrected chi connectivity index (χ4v) is 4.16. The molecule has 0 saturated carbocycles. The van der Waals surface area contributed by atoms with Crippen molar-refractivity contribution in [2.45, 2.75) is 38.5 Å². The maximum Gasteiger partial charge on any atom is 0.573 e. The quantitative estimate of drug-likeness (QED) is 0.210. The third-order valence-electron chi connectivity index (χ3n) is 6.15. The molecule has 194 valence electrons. The summed E-state index contributed by atoms with van der Waals surface area (Å²) in [5.41, 5.74) is 4.08. The molecule has 0 fully saturated rings. The molecule has 0 atom stereocenters. The van der Waals surface area contributed by atoms with Crippen molar-refractivity contribution < 1.29 is 31.4 Å². The topological polar surface area (TPSA) is 31.4 Å². The second-order valence-electron chi connectivity index (χ2n) is 8.81. The number of halogens is 5. The number of benzene rings is 3. The van der Waals surface area contributed by atoms with E-state index in [4.69, 9.17) is 4.74 Å². The second-order valence-corrected chi connectivity index (χ2v) is 8.81. The zero-order valence-corrected chi connectivity index (χ0v) is 20.2. The van der Waals surface area contributed by atoms with Crippen LogP contribution in [0.25, 0.3) is 10.8 Å². The zero-order chi connectivity index (χ0) is 26.4. The largest absolute Gasteiger partial charge is 0.573 e. The number of hydrogen-bond donors (Lipinski definition) is 0. The summed E-state index contributed by atoms with van der Waals surface area (Å²) >= 11 is 0. The molecule has 3 nitrogen and oxygen atoms in total. The molecule has 0 N–H and O–H groups in total. The van der Waals surface area contributed by atoms with Crippen LogP contribution in [0.3, 0.4) is 0 Å². The highest BCUT2D eigenvalue weighted by atomic mass is 19.4. The smallest absolute Gasteiger partial charge is 0.403 e. The summed E-state index contributed by atoms with van der Waals surface area (Å²) in [5, 5.41) is 1.27. The first kappa shape index (κ1) is 26.5. The van der Waals surface area contributed by atoms with Crippen molar-refractivity contribution in [3.63, 3.8) is 0 Å². The van der Waals surface area contributed by atoms with Crippen LogP contribution in [0.1, 0.15) is 27.9 Å². The summed E-state index contributed by atoms with van der Waals surface area (Å²) < 4.78 is 74.8. The fraction of sp³-hybridized carbons (Fsp3) is 0.276. The predicted octanol–water partition coefficient (Wildman–Crippen LogP) is 7.17. The maximum atomic E-state index is 15.2. The van der Waals surface area contributed by atoms with Gasteiger partial charge in [-0.3, -0.25) is 4.98 Å². The van der Waals surface area contributed by atoms with Gasteiger partial charge in [-0.2, -0.15) is 0 Å². The van der Waals surface area contributed by atoms with Crippen LogP contribution in [-0.2, 0) is 36.8 Å². The number of ether oxygens (including phenoxy) is 2. The lowest BCUT2D eigenvalue weighted by Crippen LogP contribution is -2.18. The van der Waals surface area contributed by atoms with Crippen LogP contribution < -0.4 is 4.74 Å².